The van der Waals surface area contributed by atoms with Gasteiger partial charge in [0.05, 0.1) is 11.0 Å². The zero-order valence-electron chi connectivity index (χ0n) is 22.8. The van der Waals surface area contributed by atoms with E-state index in [9.17, 15) is 0 Å². The van der Waals surface area contributed by atoms with Crippen molar-refractivity contribution in [3.05, 3.63) is 146 Å². The highest BCUT2D eigenvalue weighted by Crippen LogP contribution is 2.41. The maximum atomic E-state index is 3.81. The number of hydrogen-bond donors (Lipinski definition) is 1. The summed E-state index contributed by atoms with van der Waals surface area (Å²) in [4.78, 5) is 3.81. The molecule has 2 heterocycles. The minimum atomic E-state index is 1.19. The van der Waals surface area contributed by atoms with Crippen LogP contribution in [0.15, 0.2) is 146 Å². The second kappa shape index (κ2) is 9.17. The number of para-hydroxylation sites is 1. The number of H-pyrrole nitrogens is 1. The molecular weight excluding hydrogens is 527 g/mol. The Morgan fingerprint density at radius 1 is 0.381 bits per heavy atom. The molecule has 0 radical (unpaired) electrons. The molecule has 0 bridgehead atoms. The maximum absolute atomic E-state index is 3.81. The van der Waals surface area contributed by atoms with Crippen LogP contribution >= 0.6 is 11.3 Å². The summed E-state index contributed by atoms with van der Waals surface area (Å²) in [6.45, 7) is 0. The highest BCUT2D eigenvalue weighted by Gasteiger charge is 2.14. The molecule has 0 atom stereocenters. The average molecular weight is 552 g/mol. The Morgan fingerprint density at radius 2 is 0.976 bits per heavy atom. The number of hydrogen-bond acceptors (Lipinski definition) is 1. The van der Waals surface area contributed by atoms with Crippen molar-refractivity contribution in [2.45, 2.75) is 0 Å². The van der Waals surface area contributed by atoms with Crippen molar-refractivity contribution in [3.8, 4) is 33.4 Å². The summed E-state index contributed by atoms with van der Waals surface area (Å²) in [6, 6.07) is 53.1. The van der Waals surface area contributed by atoms with Gasteiger partial charge in [0.2, 0.25) is 0 Å². The summed E-state index contributed by atoms with van der Waals surface area (Å²) in [5, 5.41) is 7.71. The van der Waals surface area contributed by atoms with Crippen molar-refractivity contribution in [1.29, 1.82) is 0 Å². The summed E-state index contributed by atoms with van der Waals surface area (Å²) in [6.07, 6.45) is 0. The van der Waals surface area contributed by atoms with E-state index in [2.05, 4.69) is 151 Å². The summed E-state index contributed by atoms with van der Waals surface area (Å²) in [5.41, 5.74) is 9.81. The maximum Gasteiger partial charge on any atom is 0.0544 e. The van der Waals surface area contributed by atoms with Crippen molar-refractivity contribution >= 4 is 64.1 Å². The molecule has 2 heteroatoms. The number of thiophene rings is 1. The topological polar surface area (TPSA) is 15.8 Å². The van der Waals surface area contributed by atoms with Gasteiger partial charge in [0.1, 0.15) is 0 Å². The number of nitrogens with one attached hydrogen (secondary N) is 1. The van der Waals surface area contributed by atoms with Crippen LogP contribution in [0.25, 0.3) is 86.1 Å². The van der Waals surface area contributed by atoms with Crippen LogP contribution in [0.1, 0.15) is 0 Å². The monoisotopic (exact) mass is 551 g/mol. The molecule has 9 aromatic rings. The van der Waals surface area contributed by atoms with Crippen molar-refractivity contribution in [1.82, 2.24) is 4.98 Å². The van der Waals surface area contributed by atoms with Gasteiger partial charge < -0.3 is 4.98 Å². The minimum absolute atomic E-state index is 1.19. The molecule has 0 saturated heterocycles. The normalized spacial score (nSPS) is 11.8. The van der Waals surface area contributed by atoms with Gasteiger partial charge >= 0.3 is 0 Å². The molecule has 7 aromatic carbocycles. The van der Waals surface area contributed by atoms with Crippen LogP contribution in [0.2, 0.25) is 0 Å². The molecule has 9 rings (SSSR count). The highest BCUT2D eigenvalue weighted by atomic mass is 32.1. The standard InChI is InChI=1S/C40H25NS/c1-2-14-30-25(9-1)21-22-35-34-18-7-16-31(39(34)41-38(30)35)28-12-5-10-26(23-28)27-11-6-13-29(24-27)32-17-8-19-36-33-15-3-4-20-37(33)42-40(32)36/h1-24,41H. The van der Waals surface area contributed by atoms with Crippen molar-refractivity contribution in [3.63, 3.8) is 0 Å². The Hall–Kier alpha value is -5.18. The van der Waals surface area contributed by atoms with Crippen LogP contribution in [0.3, 0.4) is 0 Å². The van der Waals surface area contributed by atoms with Crippen molar-refractivity contribution in [2.24, 2.45) is 0 Å². The lowest BCUT2D eigenvalue weighted by atomic mass is 9.95. The molecule has 0 unspecified atom stereocenters. The van der Waals surface area contributed by atoms with E-state index >= 15 is 0 Å². The predicted octanol–water partition coefficient (Wildman–Crippen LogP) is 11.8. The second-order valence-corrected chi connectivity index (χ2v) is 12.1. The first-order valence-electron chi connectivity index (χ1n) is 14.4. The molecule has 0 aliphatic rings. The van der Waals surface area contributed by atoms with Crippen LogP contribution in [-0.4, -0.2) is 4.98 Å². The van der Waals surface area contributed by atoms with E-state index in [0.29, 0.717) is 0 Å². The third-order valence-corrected chi connectivity index (χ3v) is 9.84. The van der Waals surface area contributed by atoms with E-state index in [0.717, 1.165) is 0 Å². The summed E-state index contributed by atoms with van der Waals surface area (Å²) < 4.78 is 2.69. The molecule has 1 N–H and O–H groups in total. The molecule has 0 aliphatic heterocycles. The first-order chi connectivity index (χ1) is 20.8. The van der Waals surface area contributed by atoms with E-state index in [4.69, 9.17) is 0 Å². The molecule has 0 saturated carbocycles. The zero-order chi connectivity index (χ0) is 27.6. The Morgan fingerprint density at radius 3 is 1.81 bits per heavy atom. The summed E-state index contributed by atoms with van der Waals surface area (Å²) in [5.74, 6) is 0. The van der Waals surface area contributed by atoms with Gasteiger partial charge in [-0.1, -0.05) is 127 Å². The van der Waals surface area contributed by atoms with Crippen LogP contribution in [-0.2, 0) is 0 Å². The van der Waals surface area contributed by atoms with Crippen molar-refractivity contribution in [2.75, 3.05) is 0 Å². The molecule has 0 fully saturated rings. The molecule has 196 valence electrons. The Labute approximate surface area is 247 Å². The fourth-order valence-electron chi connectivity index (χ4n) is 6.61. The number of rotatable bonds is 3. The molecule has 1 nitrogen and oxygen atoms in total. The van der Waals surface area contributed by atoms with E-state index in [1.165, 1.54) is 86.1 Å². The van der Waals surface area contributed by atoms with Gasteiger partial charge in [0.25, 0.3) is 0 Å². The Kier molecular flexibility index (Phi) is 5.13. The smallest absolute Gasteiger partial charge is 0.0544 e. The first kappa shape index (κ1) is 23.5. The lowest BCUT2D eigenvalue weighted by Crippen LogP contribution is -1.85. The van der Waals surface area contributed by atoms with Gasteiger partial charge in [-0.25, -0.2) is 0 Å². The van der Waals surface area contributed by atoms with E-state index in [1.807, 2.05) is 11.3 Å². The van der Waals surface area contributed by atoms with E-state index in [1.54, 1.807) is 0 Å². The third-order valence-electron chi connectivity index (χ3n) is 8.62. The lowest BCUT2D eigenvalue weighted by Gasteiger charge is -2.10. The largest absolute Gasteiger partial charge is 0.353 e. The van der Waals surface area contributed by atoms with Gasteiger partial charge in [0, 0.05) is 41.9 Å². The van der Waals surface area contributed by atoms with Gasteiger partial charge in [0.15, 0.2) is 0 Å². The van der Waals surface area contributed by atoms with Crippen LogP contribution in [0, 0.1) is 0 Å². The first-order valence-corrected chi connectivity index (χ1v) is 15.2. The molecular formula is C40H25NS. The zero-order valence-corrected chi connectivity index (χ0v) is 23.6. The van der Waals surface area contributed by atoms with Crippen LogP contribution in [0.4, 0.5) is 0 Å². The molecule has 0 spiro atoms. The molecule has 0 aliphatic carbocycles. The number of aromatic nitrogens is 1. The third kappa shape index (κ3) is 3.56. The molecule has 42 heavy (non-hydrogen) atoms. The predicted molar refractivity (Wildman–Crippen MR) is 183 cm³/mol. The van der Waals surface area contributed by atoms with Gasteiger partial charge in [-0.15, -0.1) is 11.3 Å². The SMILES string of the molecule is c1cc(-c2cccc(-c3cccc4c3sc3ccccc34)c2)cc(-c2cccc3c2[nH]c2c4ccccc4ccc32)c1. The van der Waals surface area contributed by atoms with Crippen LogP contribution in [0.5, 0.6) is 0 Å². The van der Waals surface area contributed by atoms with Crippen LogP contribution < -0.4 is 0 Å². The van der Waals surface area contributed by atoms with E-state index in [-0.39, 0.29) is 0 Å². The minimum Gasteiger partial charge on any atom is -0.353 e. The number of aromatic amines is 1. The fraction of sp³-hybridized carbons (Fsp3) is 0. The quantitative estimate of drug-likeness (QED) is 0.225. The van der Waals surface area contributed by atoms with E-state index < -0.39 is 0 Å². The number of fused-ring (bicyclic) bond motifs is 8. The number of benzene rings is 7. The summed E-state index contributed by atoms with van der Waals surface area (Å²) >= 11 is 1.88. The van der Waals surface area contributed by atoms with Gasteiger partial charge in [-0.2, -0.15) is 0 Å². The summed E-state index contributed by atoms with van der Waals surface area (Å²) in [7, 11) is 0. The lowest BCUT2D eigenvalue weighted by molar-refractivity contribution is 1.54. The Balaban J connectivity index is 1.18. The molecule has 0 amide bonds. The fourth-order valence-corrected chi connectivity index (χ4v) is 7.85. The van der Waals surface area contributed by atoms with Gasteiger partial charge in [-0.3, -0.25) is 0 Å². The van der Waals surface area contributed by atoms with Gasteiger partial charge in [-0.05, 0) is 51.4 Å². The average Bonchev–Trinajstić information content (AvgIpc) is 3.64. The second-order valence-electron chi connectivity index (χ2n) is 11.0. The highest BCUT2D eigenvalue weighted by molar-refractivity contribution is 7.26. The Bertz CT molecular complexity index is 2470. The molecule has 2 aromatic heterocycles. The van der Waals surface area contributed by atoms with Crippen molar-refractivity contribution < 1.29 is 0 Å².